The molecular formula is C16H11ClF2N2O5. The van der Waals surface area contributed by atoms with Gasteiger partial charge in [0.15, 0.2) is 18.2 Å². The molecule has 0 radical (unpaired) electrons. The lowest BCUT2D eigenvalue weighted by Crippen LogP contribution is -2.21. The molecule has 0 aliphatic heterocycles. The summed E-state index contributed by atoms with van der Waals surface area (Å²) < 4.78 is 30.9. The zero-order chi connectivity index (χ0) is 19.4. The molecule has 0 aromatic heterocycles. The summed E-state index contributed by atoms with van der Waals surface area (Å²) in [6, 6.07) is 5.26. The van der Waals surface area contributed by atoms with Gasteiger partial charge >= 0.3 is 5.97 Å². The van der Waals surface area contributed by atoms with E-state index in [0.717, 1.165) is 0 Å². The first-order chi connectivity index (χ1) is 12.2. The Morgan fingerprint density at radius 1 is 1.27 bits per heavy atom. The topological polar surface area (TPSA) is 98.5 Å². The fourth-order valence-electron chi connectivity index (χ4n) is 2.03. The van der Waals surface area contributed by atoms with E-state index in [1.165, 1.54) is 25.1 Å². The molecule has 0 atom stereocenters. The lowest BCUT2D eigenvalue weighted by atomic mass is 10.1. The molecule has 0 aliphatic carbocycles. The van der Waals surface area contributed by atoms with Gasteiger partial charge in [0.2, 0.25) is 0 Å². The summed E-state index contributed by atoms with van der Waals surface area (Å²) in [5.41, 5.74) is -0.231. The maximum absolute atomic E-state index is 13.2. The van der Waals surface area contributed by atoms with Gasteiger partial charge in [0, 0.05) is 6.07 Å². The molecule has 2 aromatic rings. The lowest BCUT2D eigenvalue weighted by Gasteiger charge is -2.10. The molecule has 0 heterocycles. The number of nitro benzene ring substituents is 1. The minimum atomic E-state index is -1.29. The van der Waals surface area contributed by atoms with Crippen molar-refractivity contribution in [3.63, 3.8) is 0 Å². The predicted octanol–water partition coefficient (Wildman–Crippen LogP) is 3.63. The van der Waals surface area contributed by atoms with Crippen LogP contribution in [0.1, 0.15) is 15.9 Å². The monoisotopic (exact) mass is 384 g/mol. The van der Waals surface area contributed by atoms with Gasteiger partial charge in [0.05, 0.1) is 26.8 Å². The van der Waals surface area contributed by atoms with Crippen LogP contribution in [0.5, 0.6) is 0 Å². The Labute approximate surface area is 150 Å². The van der Waals surface area contributed by atoms with Crippen LogP contribution in [0.15, 0.2) is 30.3 Å². The van der Waals surface area contributed by atoms with Crippen molar-refractivity contribution in [1.29, 1.82) is 0 Å². The molecular weight excluding hydrogens is 374 g/mol. The molecule has 26 heavy (non-hydrogen) atoms. The minimum Gasteiger partial charge on any atom is -0.452 e. The van der Waals surface area contributed by atoms with E-state index < -0.39 is 40.6 Å². The first-order valence-electron chi connectivity index (χ1n) is 7.06. The van der Waals surface area contributed by atoms with Crippen LogP contribution >= 0.6 is 11.6 Å². The molecule has 10 heteroatoms. The number of ether oxygens (including phenoxy) is 1. The van der Waals surface area contributed by atoms with Crippen LogP contribution in [0.2, 0.25) is 5.02 Å². The summed E-state index contributed by atoms with van der Waals surface area (Å²) in [6.45, 7) is 0.692. The van der Waals surface area contributed by atoms with Crippen molar-refractivity contribution < 1.29 is 28.0 Å². The number of rotatable bonds is 5. The van der Waals surface area contributed by atoms with Crippen molar-refractivity contribution in [2.75, 3.05) is 11.9 Å². The summed E-state index contributed by atoms with van der Waals surface area (Å²) in [5.74, 6) is -4.43. The van der Waals surface area contributed by atoms with Crippen LogP contribution in [-0.4, -0.2) is 23.4 Å². The zero-order valence-electron chi connectivity index (χ0n) is 13.2. The number of amides is 1. The van der Waals surface area contributed by atoms with Crippen LogP contribution < -0.4 is 5.32 Å². The number of carbonyl (C=O) groups excluding carboxylic acids is 2. The molecule has 0 spiro atoms. The highest BCUT2D eigenvalue weighted by Crippen LogP contribution is 2.25. The van der Waals surface area contributed by atoms with Gasteiger partial charge in [-0.2, -0.15) is 0 Å². The number of nitro groups is 1. The van der Waals surface area contributed by atoms with Crippen LogP contribution in [0.3, 0.4) is 0 Å². The lowest BCUT2D eigenvalue weighted by molar-refractivity contribution is -0.385. The maximum atomic E-state index is 13.2. The van der Waals surface area contributed by atoms with E-state index >= 15 is 0 Å². The van der Waals surface area contributed by atoms with Crippen LogP contribution in [0, 0.1) is 28.7 Å². The average Bonchev–Trinajstić information content (AvgIpc) is 2.57. The Morgan fingerprint density at radius 2 is 1.92 bits per heavy atom. The predicted molar refractivity (Wildman–Crippen MR) is 88.1 cm³/mol. The van der Waals surface area contributed by atoms with E-state index in [1.54, 1.807) is 0 Å². The maximum Gasteiger partial charge on any atom is 0.340 e. The third-order valence-electron chi connectivity index (χ3n) is 3.34. The molecule has 2 aromatic carbocycles. The SMILES string of the molecule is Cc1c(NC(=O)COC(=O)c2cc(F)c(F)cc2Cl)cccc1[N+](=O)[O-]. The number of hydrogen-bond donors (Lipinski definition) is 1. The second-order valence-corrected chi connectivity index (χ2v) is 5.48. The molecule has 7 nitrogen and oxygen atoms in total. The summed E-state index contributed by atoms with van der Waals surface area (Å²) in [5, 5.41) is 12.9. The Hall–Kier alpha value is -3.07. The van der Waals surface area contributed by atoms with E-state index in [1.807, 2.05) is 0 Å². The molecule has 0 saturated carbocycles. The Kier molecular flexibility index (Phi) is 5.83. The minimum absolute atomic E-state index is 0.172. The van der Waals surface area contributed by atoms with Crippen LogP contribution in [0.25, 0.3) is 0 Å². The van der Waals surface area contributed by atoms with E-state index in [2.05, 4.69) is 5.32 Å². The third-order valence-corrected chi connectivity index (χ3v) is 3.65. The second-order valence-electron chi connectivity index (χ2n) is 5.08. The van der Waals surface area contributed by atoms with Gasteiger partial charge in [0.1, 0.15) is 0 Å². The highest BCUT2D eigenvalue weighted by Gasteiger charge is 2.19. The van der Waals surface area contributed by atoms with Gasteiger partial charge in [-0.25, -0.2) is 13.6 Å². The first-order valence-corrected chi connectivity index (χ1v) is 7.44. The summed E-state index contributed by atoms with van der Waals surface area (Å²) >= 11 is 5.64. The molecule has 0 aliphatic rings. The van der Waals surface area contributed by atoms with Crippen LogP contribution in [0.4, 0.5) is 20.2 Å². The summed E-state index contributed by atoms with van der Waals surface area (Å²) in [7, 11) is 0. The molecule has 0 bridgehead atoms. The third kappa shape index (κ3) is 4.31. The fraction of sp³-hybridized carbons (Fsp3) is 0.125. The van der Waals surface area contributed by atoms with Gasteiger partial charge in [0.25, 0.3) is 11.6 Å². The quantitative estimate of drug-likeness (QED) is 0.367. The number of esters is 1. The average molecular weight is 385 g/mol. The van der Waals surface area contributed by atoms with Crippen molar-refractivity contribution in [3.8, 4) is 0 Å². The van der Waals surface area contributed by atoms with Gasteiger partial charge in [-0.05, 0) is 25.1 Å². The van der Waals surface area contributed by atoms with Gasteiger partial charge < -0.3 is 10.1 Å². The molecule has 0 unspecified atom stereocenters. The molecule has 1 N–H and O–H groups in total. The van der Waals surface area contributed by atoms with Crippen molar-refractivity contribution in [3.05, 3.63) is 68.2 Å². The summed E-state index contributed by atoms with van der Waals surface area (Å²) in [6.07, 6.45) is 0. The van der Waals surface area contributed by atoms with E-state index in [4.69, 9.17) is 16.3 Å². The van der Waals surface area contributed by atoms with E-state index in [9.17, 15) is 28.5 Å². The number of carbonyl (C=O) groups is 2. The molecule has 1 amide bonds. The summed E-state index contributed by atoms with van der Waals surface area (Å²) in [4.78, 5) is 34.0. The van der Waals surface area contributed by atoms with E-state index in [-0.39, 0.29) is 22.0 Å². The fourth-order valence-corrected chi connectivity index (χ4v) is 2.26. The molecule has 0 fully saturated rings. The molecule has 136 valence electrons. The highest BCUT2D eigenvalue weighted by molar-refractivity contribution is 6.33. The number of nitrogens with one attached hydrogen (secondary N) is 1. The van der Waals surface area contributed by atoms with Gasteiger partial charge in [-0.1, -0.05) is 17.7 Å². The van der Waals surface area contributed by atoms with E-state index in [0.29, 0.717) is 12.1 Å². The second kappa shape index (κ2) is 7.87. The van der Waals surface area contributed by atoms with Crippen molar-refractivity contribution in [2.24, 2.45) is 0 Å². The zero-order valence-corrected chi connectivity index (χ0v) is 14.0. The standard InChI is InChI=1S/C16H11ClF2N2O5/c1-8-13(3-2-4-14(8)21(24)25)20-15(22)7-26-16(23)9-5-11(18)12(19)6-10(9)17/h2-6H,7H2,1H3,(H,20,22). The number of halogens is 3. The number of benzene rings is 2. The van der Waals surface area contributed by atoms with Crippen molar-refractivity contribution >= 4 is 34.9 Å². The van der Waals surface area contributed by atoms with Gasteiger partial charge in [-0.15, -0.1) is 0 Å². The Morgan fingerprint density at radius 3 is 2.58 bits per heavy atom. The molecule has 2 rings (SSSR count). The number of nitrogens with zero attached hydrogens (tertiary/aromatic N) is 1. The van der Waals surface area contributed by atoms with Crippen LogP contribution in [-0.2, 0) is 9.53 Å². The number of anilines is 1. The largest absolute Gasteiger partial charge is 0.452 e. The smallest absolute Gasteiger partial charge is 0.340 e. The first kappa shape index (κ1) is 19.3. The Bertz CT molecular complexity index is 904. The normalized spacial score (nSPS) is 10.3. The Balaban J connectivity index is 2.04. The van der Waals surface area contributed by atoms with Gasteiger partial charge in [-0.3, -0.25) is 14.9 Å². The van der Waals surface area contributed by atoms with Crippen molar-refractivity contribution in [1.82, 2.24) is 0 Å². The highest BCUT2D eigenvalue weighted by atomic mass is 35.5. The number of hydrogen-bond acceptors (Lipinski definition) is 5. The molecule has 0 saturated heterocycles. The van der Waals surface area contributed by atoms with Crippen molar-refractivity contribution in [2.45, 2.75) is 6.92 Å².